The van der Waals surface area contributed by atoms with Gasteiger partial charge in [-0.1, -0.05) is 0 Å². The van der Waals surface area contributed by atoms with Gasteiger partial charge in [0.15, 0.2) is 0 Å². The normalized spacial score (nSPS) is 28.8. The number of piperidine rings is 1. The van der Waals surface area contributed by atoms with Crippen LogP contribution in [0.1, 0.15) is 12.8 Å². The number of rotatable bonds is 2. The topological polar surface area (TPSA) is 12.5 Å². The van der Waals surface area contributed by atoms with E-state index in [9.17, 15) is 4.53 Å². The predicted octanol–water partition coefficient (Wildman–Crippen LogP) is 1.23. The summed E-state index contributed by atoms with van der Waals surface area (Å²) >= 11 is 0. The van der Waals surface area contributed by atoms with Gasteiger partial charge in [-0.3, -0.25) is 0 Å². The van der Waals surface area contributed by atoms with Crippen molar-refractivity contribution < 1.29 is 9.47 Å². The molecule has 0 amide bonds. The zero-order valence-corrected chi connectivity index (χ0v) is 6.35. The molecule has 1 saturated heterocycles. The average molecular weight is 147 g/mol. The molecule has 1 atom stereocenters. The Morgan fingerprint density at radius 2 is 2.50 bits per heavy atom. The minimum absolute atomic E-state index is 0.268. The lowest BCUT2D eigenvalue weighted by atomic mass is 10.00. The SMILES string of the molecule is CN1CCCC(COF)C1. The highest BCUT2D eigenvalue weighted by Gasteiger charge is 2.16. The number of nitrogens with zero attached hydrogens (tertiary/aromatic N) is 1. The summed E-state index contributed by atoms with van der Waals surface area (Å²) in [7, 11) is 2.06. The second-order valence-electron chi connectivity index (χ2n) is 3.05. The number of hydrogen-bond acceptors (Lipinski definition) is 2. The average Bonchev–Trinajstić information content (AvgIpc) is 1.88. The molecule has 60 valence electrons. The van der Waals surface area contributed by atoms with E-state index < -0.39 is 0 Å². The van der Waals surface area contributed by atoms with Gasteiger partial charge in [0.1, 0.15) is 0 Å². The van der Waals surface area contributed by atoms with Crippen LogP contribution >= 0.6 is 0 Å². The monoisotopic (exact) mass is 147 g/mol. The first kappa shape index (κ1) is 7.95. The Morgan fingerprint density at radius 1 is 1.70 bits per heavy atom. The third-order valence-corrected chi connectivity index (χ3v) is 2.02. The van der Waals surface area contributed by atoms with Crippen molar-refractivity contribution in [3.8, 4) is 0 Å². The Bertz CT molecular complexity index is 97.6. The van der Waals surface area contributed by atoms with Crippen LogP contribution in [0.15, 0.2) is 0 Å². The van der Waals surface area contributed by atoms with E-state index in [1.54, 1.807) is 0 Å². The molecule has 2 nitrogen and oxygen atoms in total. The maximum atomic E-state index is 11.4. The van der Waals surface area contributed by atoms with Crippen LogP contribution in [-0.2, 0) is 4.94 Å². The van der Waals surface area contributed by atoms with E-state index >= 15 is 0 Å². The number of likely N-dealkylation sites (tertiary alicyclic amines) is 1. The Balaban J connectivity index is 2.18. The lowest BCUT2D eigenvalue weighted by Gasteiger charge is -2.28. The quantitative estimate of drug-likeness (QED) is 0.582. The van der Waals surface area contributed by atoms with Crippen LogP contribution < -0.4 is 0 Å². The molecular formula is C7H14FNO. The van der Waals surface area contributed by atoms with Crippen LogP contribution in [0.3, 0.4) is 0 Å². The van der Waals surface area contributed by atoms with Crippen molar-refractivity contribution in [1.82, 2.24) is 4.90 Å². The molecule has 1 fully saturated rings. The first-order chi connectivity index (χ1) is 4.83. The zero-order chi connectivity index (χ0) is 7.40. The summed E-state index contributed by atoms with van der Waals surface area (Å²) in [5, 5.41) is 0. The lowest BCUT2D eigenvalue weighted by Crippen LogP contribution is -2.33. The molecule has 1 aliphatic rings. The van der Waals surface area contributed by atoms with E-state index in [0.29, 0.717) is 5.92 Å². The van der Waals surface area contributed by atoms with Gasteiger partial charge in [0.05, 0.1) is 6.61 Å². The van der Waals surface area contributed by atoms with Crippen molar-refractivity contribution in [2.75, 3.05) is 26.7 Å². The molecule has 0 spiro atoms. The van der Waals surface area contributed by atoms with E-state index in [-0.39, 0.29) is 6.61 Å². The van der Waals surface area contributed by atoms with Crippen LogP contribution in [0.25, 0.3) is 0 Å². The molecule has 0 radical (unpaired) electrons. The van der Waals surface area contributed by atoms with E-state index in [2.05, 4.69) is 16.9 Å². The molecule has 1 aliphatic heterocycles. The maximum absolute atomic E-state index is 11.4. The fourth-order valence-electron chi connectivity index (χ4n) is 1.50. The molecular weight excluding hydrogens is 133 g/mol. The van der Waals surface area contributed by atoms with Crippen molar-refractivity contribution in [3.63, 3.8) is 0 Å². The minimum atomic E-state index is 0.268. The second kappa shape index (κ2) is 3.88. The minimum Gasteiger partial charge on any atom is -0.306 e. The van der Waals surface area contributed by atoms with Crippen molar-refractivity contribution in [2.24, 2.45) is 5.92 Å². The summed E-state index contributed by atoms with van der Waals surface area (Å²) in [5.74, 6) is 0.406. The summed E-state index contributed by atoms with van der Waals surface area (Å²) in [6, 6.07) is 0. The van der Waals surface area contributed by atoms with Gasteiger partial charge in [-0.2, -0.15) is 4.94 Å². The molecule has 1 rings (SSSR count). The highest BCUT2D eigenvalue weighted by Crippen LogP contribution is 2.14. The molecule has 1 unspecified atom stereocenters. The van der Waals surface area contributed by atoms with Gasteiger partial charge in [0, 0.05) is 6.54 Å². The van der Waals surface area contributed by atoms with E-state index in [4.69, 9.17) is 0 Å². The predicted molar refractivity (Wildman–Crippen MR) is 37.3 cm³/mol. The Kier molecular flexibility index (Phi) is 3.09. The highest BCUT2D eigenvalue weighted by atomic mass is 19.3. The first-order valence-electron chi connectivity index (χ1n) is 3.75. The Hall–Kier alpha value is -0.150. The summed E-state index contributed by atoms with van der Waals surface area (Å²) in [4.78, 5) is 5.82. The summed E-state index contributed by atoms with van der Waals surface area (Å²) in [6.07, 6.45) is 2.28. The van der Waals surface area contributed by atoms with E-state index in [1.807, 2.05) is 0 Å². The zero-order valence-electron chi connectivity index (χ0n) is 6.35. The van der Waals surface area contributed by atoms with Gasteiger partial charge >= 0.3 is 0 Å². The van der Waals surface area contributed by atoms with E-state index in [1.165, 1.54) is 6.42 Å². The third-order valence-electron chi connectivity index (χ3n) is 2.02. The van der Waals surface area contributed by atoms with Gasteiger partial charge in [0.25, 0.3) is 0 Å². The van der Waals surface area contributed by atoms with Crippen molar-refractivity contribution in [3.05, 3.63) is 0 Å². The molecule has 0 aromatic heterocycles. The van der Waals surface area contributed by atoms with Crippen LogP contribution in [0.4, 0.5) is 4.53 Å². The van der Waals surface area contributed by atoms with Gasteiger partial charge < -0.3 is 4.90 Å². The van der Waals surface area contributed by atoms with Crippen molar-refractivity contribution in [1.29, 1.82) is 0 Å². The molecule has 0 aromatic carbocycles. The number of hydrogen-bond donors (Lipinski definition) is 0. The maximum Gasteiger partial charge on any atom is 0.0916 e. The summed E-state index contributed by atoms with van der Waals surface area (Å²) < 4.78 is 11.4. The summed E-state index contributed by atoms with van der Waals surface area (Å²) in [6.45, 7) is 2.39. The third kappa shape index (κ3) is 2.23. The molecule has 0 aliphatic carbocycles. The highest BCUT2D eigenvalue weighted by molar-refractivity contribution is 4.69. The standard InChI is InChI=1S/C7H14FNO/c1-9-4-2-3-7(5-9)6-10-8/h7H,2-6H2,1H3. The lowest BCUT2D eigenvalue weighted by molar-refractivity contribution is -0.149. The molecule has 0 N–H and O–H groups in total. The van der Waals surface area contributed by atoms with Crippen LogP contribution in [0, 0.1) is 5.92 Å². The molecule has 0 saturated carbocycles. The first-order valence-corrected chi connectivity index (χ1v) is 3.75. The molecule has 0 bridgehead atoms. The molecule has 3 heteroatoms. The van der Waals surface area contributed by atoms with Crippen molar-refractivity contribution in [2.45, 2.75) is 12.8 Å². The van der Waals surface area contributed by atoms with Crippen LogP contribution in [-0.4, -0.2) is 31.6 Å². The Morgan fingerprint density at radius 3 is 3.10 bits per heavy atom. The van der Waals surface area contributed by atoms with Gasteiger partial charge in [-0.05, 0) is 36.9 Å². The van der Waals surface area contributed by atoms with Crippen LogP contribution in [0.2, 0.25) is 0 Å². The Labute approximate surface area is 60.9 Å². The largest absolute Gasteiger partial charge is 0.306 e. The molecule has 10 heavy (non-hydrogen) atoms. The van der Waals surface area contributed by atoms with Crippen LogP contribution in [0.5, 0.6) is 0 Å². The van der Waals surface area contributed by atoms with Gasteiger partial charge in [0.2, 0.25) is 0 Å². The van der Waals surface area contributed by atoms with Gasteiger partial charge in [-0.25, -0.2) is 0 Å². The molecule has 0 aromatic rings. The van der Waals surface area contributed by atoms with Gasteiger partial charge in [-0.15, -0.1) is 0 Å². The second-order valence-corrected chi connectivity index (χ2v) is 3.05. The molecule has 1 heterocycles. The summed E-state index contributed by atoms with van der Waals surface area (Å²) in [5.41, 5.74) is 0. The fourth-order valence-corrected chi connectivity index (χ4v) is 1.50. The smallest absolute Gasteiger partial charge is 0.0916 e. The fraction of sp³-hybridized carbons (Fsp3) is 1.00. The number of halogens is 1. The van der Waals surface area contributed by atoms with Crippen molar-refractivity contribution >= 4 is 0 Å². The van der Waals surface area contributed by atoms with E-state index in [0.717, 1.165) is 19.5 Å².